The van der Waals surface area contributed by atoms with Crippen molar-refractivity contribution in [3.8, 4) is 6.07 Å². The Labute approximate surface area is 195 Å². The lowest BCUT2D eigenvalue weighted by Crippen LogP contribution is -2.04. The molecule has 0 heterocycles. The summed E-state index contributed by atoms with van der Waals surface area (Å²) in [6.45, 7) is 5.90. The average Bonchev–Trinajstić information content (AvgIpc) is 3.67. The quantitative estimate of drug-likeness (QED) is 0.182. The second-order valence-electron chi connectivity index (χ2n) is 8.48. The predicted octanol–water partition coefficient (Wildman–Crippen LogP) is 7.10. The molecule has 1 saturated carbocycles. The Bertz CT molecular complexity index is 1300. The summed E-state index contributed by atoms with van der Waals surface area (Å²) in [7, 11) is 0. The summed E-state index contributed by atoms with van der Waals surface area (Å²) >= 11 is 0. The van der Waals surface area contributed by atoms with Crippen molar-refractivity contribution in [2.45, 2.75) is 19.8 Å². The molecule has 0 saturated heterocycles. The highest BCUT2D eigenvalue weighted by Crippen LogP contribution is 2.48. The number of nitriles is 1. The summed E-state index contributed by atoms with van der Waals surface area (Å²) in [4.78, 5) is 0. The van der Waals surface area contributed by atoms with Crippen LogP contribution in [0.1, 0.15) is 53.1 Å². The van der Waals surface area contributed by atoms with E-state index in [0.717, 1.165) is 40.7 Å². The minimum Gasteiger partial charge on any atom is -0.398 e. The van der Waals surface area contributed by atoms with Crippen LogP contribution >= 0.6 is 0 Å². The van der Waals surface area contributed by atoms with Crippen molar-refractivity contribution in [1.82, 2.24) is 0 Å². The molecule has 0 amide bonds. The molecular formula is C30H27N3. The van der Waals surface area contributed by atoms with Gasteiger partial charge in [-0.1, -0.05) is 85.0 Å². The first-order valence-corrected chi connectivity index (χ1v) is 11.1. The minimum absolute atomic E-state index is 0.442. The normalized spacial score (nSPS) is 13.9. The Morgan fingerprint density at radius 1 is 1.03 bits per heavy atom. The third kappa shape index (κ3) is 4.71. The van der Waals surface area contributed by atoms with Crippen LogP contribution in [-0.2, 0) is 0 Å². The number of benzene rings is 3. The molecule has 3 aromatic carbocycles. The van der Waals surface area contributed by atoms with Gasteiger partial charge in [0, 0.05) is 23.0 Å². The maximum atomic E-state index is 10.1. The van der Waals surface area contributed by atoms with Crippen LogP contribution in [0.25, 0.3) is 17.2 Å². The lowest BCUT2D eigenvalue weighted by atomic mass is 9.84. The summed E-state index contributed by atoms with van der Waals surface area (Å²) < 4.78 is 0. The highest BCUT2D eigenvalue weighted by Gasteiger charge is 2.31. The number of nitrogens with one attached hydrogen (secondary N) is 1. The molecule has 3 aromatic rings. The van der Waals surface area contributed by atoms with Gasteiger partial charge in [-0.3, -0.25) is 0 Å². The first-order chi connectivity index (χ1) is 16.0. The fourth-order valence-corrected chi connectivity index (χ4v) is 4.15. The van der Waals surface area contributed by atoms with Gasteiger partial charge < -0.3 is 11.1 Å². The van der Waals surface area contributed by atoms with E-state index in [9.17, 15) is 5.26 Å². The predicted molar refractivity (Wildman–Crippen MR) is 139 cm³/mol. The molecule has 0 spiro atoms. The number of nitrogen functional groups attached to an aromatic ring is 1. The third-order valence-corrected chi connectivity index (χ3v) is 5.90. The molecule has 3 nitrogen and oxygen atoms in total. The van der Waals surface area contributed by atoms with E-state index in [2.05, 4.69) is 61.2 Å². The Hall–Kier alpha value is -4.16. The largest absolute Gasteiger partial charge is 0.398 e. The topological polar surface area (TPSA) is 73.7 Å². The lowest BCUT2D eigenvalue weighted by Gasteiger charge is -2.19. The summed E-state index contributed by atoms with van der Waals surface area (Å²) in [6.07, 6.45) is 7.48. The maximum absolute atomic E-state index is 10.1. The third-order valence-electron chi connectivity index (χ3n) is 5.90. The fraction of sp³-hybridized carbons (Fsp3) is 0.133. The summed E-state index contributed by atoms with van der Waals surface area (Å²) in [6, 6.07) is 24.9. The van der Waals surface area contributed by atoms with Crippen LogP contribution < -0.4 is 5.73 Å². The molecular weight excluding hydrogens is 402 g/mol. The number of anilines is 1. The van der Waals surface area contributed by atoms with Gasteiger partial charge in [-0.2, -0.15) is 5.26 Å². The van der Waals surface area contributed by atoms with Crippen molar-refractivity contribution in [2.24, 2.45) is 5.92 Å². The van der Waals surface area contributed by atoms with Crippen molar-refractivity contribution in [2.75, 3.05) is 5.73 Å². The van der Waals surface area contributed by atoms with Crippen LogP contribution in [0, 0.1) is 22.7 Å². The minimum atomic E-state index is 0.442. The summed E-state index contributed by atoms with van der Waals surface area (Å²) in [5.41, 5.74) is 14.9. The highest BCUT2D eigenvalue weighted by molar-refractivity contribution is 6.03. The highest BCUT2D eigenvalue weighted by atomic mass is 14.6. The van der Waals surface area contributed by atoms with Gasteiger partial charge in [-0.05, 0) is 59.6 Å². The van der Waals surface area contributed by atoms with Gasteiger partial charge in [0.15, 0.2) is 0 Å². The first kappa shape index (κ1) is 22.0. The molecule has 162 valence electrons. The van der Waals surface area contributed by atoms with E-state index in [4.69, 9.17) is 11.1 Å². The molecule has 33 heavy (non-hydrogen) atoms. The molecule has 3 heteroatoms. The Kier molecular flexibility index (Phi) is 6.38. The Morgan fingerprint density at radius 2 is 1.73 bits per heavy atom. The van der Waals surface area contributed by atoms with Crippen molar-refractivity contribution in [3.63, 3.8) is 0 Å². The zero-order chi connectivity index (χ0) is 23.4. The molecule has 1 aliphatic rings. The molecule has 4 rings (SSSR count). The van der Waals surface area contributed by atoms with Gasteiger partial charge in [0.2, 0.25) is 0 Å². The second-order valence-corrected chi connectivity index (χ2v) is 8.48. The molecule has 0 radical (unpaired) electrons. The smallest absolute Gasteiger partial charge is 0.101 e. The van der Waals surface area contributed by atoms with Crippen molar-refractivity contribution >= 4 is 29.1 Å². The van der Waals surface area contributed by atoms with Gasteiger partial charge in [0.25, 0.3) is 0 Å². The number of hydrogen-bond donors (Lipinski definition) is 2. The van der Waals surface area contributed by atoms with E-state index < -0.39 is 0 Å². The molecule has 1 aliphatic carbocycles. The van der Waals surface area contributed by atoms with Gasteiger partial charge in [0.1, 0.15) is 6.07 Å². The number of hydrogen-bond acceptors (Lipinski definition) is 3. The van der Waals surface area contributed by atoms with Crippen molar-refractivity contribution in [3.05, 3.63) is 118 Å². The zero-order valence-electron chi connectivity index (χ0n) is 18.8. The summed E-state index contributed by atoms with van der Waals surface area (Å²) in [5.74, 6) is 0.443. The van der Waals surface area contributed by atoms with E-state index in [1.165, 1.54) is 17.4 Å². The van der Waals surface area contributed by atoms with Crippen molar-refractivity contribution < 1.29 is 0 Å². The van der Waals surface area contributed by atoms with E-state index >= 15 is 0 Å². The van der Waals surface area contributed by atoms with Crippen LogP contribution in [0.5, 0.6) is 0 Å². The molecule has 0 bridgehead atoms. The van der Waals surface area contributed by atoms with Crippen LogP contribution in [0.15, 0.2) is 85.0 Å². The fourth-order valence-electron chi connectivity index (χ4n) is 4.15. The SMILES string of the molecule is C=C(C)/C=C/c1ccc(/C(=C(\c2ccccc2)C2CC2)c2ccc(N)c(C=N)c2C#N)cc1. The molecule has 3 N–H and O–H groups in total. The van der Waals surface area contributed by atoms with E-state index in [1.54, 1.807) is 6.07 Å². The van der Waals surface area contributed by atoms with Crippen LogP contribution in [0.3, 0.4) is 0 Å². The number of allylic oxidation sites excluding steroid dienone is 3. The summed E-state index contributed by atoms with van der Waals surface area (Å²) in [5, 5.41) is 17.9. The van der Waals surface area contributed by atoms with E-state index in [1.807, 2.05) is 31.2 Å². The number of nitrogens with zero attached hydrogens (tertiary/aromatic N) is 1. The number of rotatable bonds is 7. The molecule has 1 fully saturated rings. The molecule has 0 unspecified atom stereocenters. The van der Waals surface area contributed by atoms with Gasteiger partial charge in [-0.25, -0.2) is 0 Å². The molecule has 0 atom stereocenters. The van der Waals surface area contributed by atoms with Crippen molar-refractivity contribution in [1.29, 1.82) is 10.7 Å². The molecule has 0 aliphatic heterocycles. The standard InChI is InChI=1S/C30H27N3/c1-20(2)8-9-21-10-12-24(13-11-21)30(25-16-17-28(33)27(19-32)26(25)18-31)29(23-14-15-23)22-6-4-3-5-7-22/h3-13,16-17,19,23,32H,1,14-15,33H2,2H3/b9-8+,30-29-,32-19?. The monoisotopic (exact) mass is 429 g/mol. The maximum Gasteiger partial charge on any atom is 0.101 e. The van der Waals surface area contributed by atoms with E-state index in [-0.39, 0.29) is 0 Å². The number of nitrogens with two attached hydrogens (primary N) is 1. The second kappa shape index (κ2) is 9.54. The van der Waals surface area contributed by atoms with Gasteiger partial charge in [-0.15, -0.1) is 0 Å². The van der Waals surface area contributed by atoms with E-state index in [0.29, 0.717) is 22.7 Å². The Morgan fingerprint density at radius 3 is 2.30 bits per heavy atom. The molecule has 0 aromatic heterocycles. The average molecular weight is 430 g/mol. The van der Waals surface area contributed by atoms with Crippen LogP contribution in [-0.4, -0.2) is 6.21 Å². The zero-order valence-corrected chi connectivity index (χ0v) is 18.8. The Balaban J connectivity index is 2.00. The van der Waals surface area contributed by atoms with Crippen LogP contribution in [0.4, 0.5) is 5.69 Å². The first-order valence-electron chi connectivity index (χ1n) is 11.1. The van der Waals surface area contributed by atoms with Gasteiger partial charge >= 0.3 is 0 Å². The van der Waals surface area contributed by atoms with Crippen LogP contribution in [0.2, 0.25) is 0 Å². The lowest BCUT2D eigenvalue weighted by molar-refractivity contribution is 1.15. The van der Waals surface area contributed by atoms with Gasteiger partial charge in [0.05, 0.1) is 5.56 Å².